The van der Waals surface area contributed by atoms with Gasteiger partial charge in [-0.1, -0.05) is 13.0 Å². The Labute approximate surface area is 126 Å². The van der Waals surface area contributed by atoms with Crippen molar-refractivity contribution in [2.45, 2.75) is 19.8 Å². The molecule has 116 valence electrons. The summed E-state index contributed by atoms with van der Waals surface area (Å²) in [4.78, 5) is 23.2. The molecule has 0 spiro atoms. The van der Waals surface area contributed by atoms with Crippen molar-refractivity contribution in [3.63, 3.8) is 0 Å². The van der Waals surface area contributed by atoms with E-state index in [9.17, 15) is 9.59 Å². The number of anilines is 1. The monoisotopic (exact) mass is 292 g/mol. The molecule has 2 N–H and O–H groups in total. The molecule has 0 atom stereocenters. The molecule has 0 aromatic heterocycles. The zero-order valence-electron chi connectivity index (χ0n) is 12.7. The third kappa shape index (κ3) is 5.95. The molecule has 5 heteroatoms. The number of piperidine rings is 1. The average molecular weight is 292 g/mol. The van der Waals surface area contributed by atoms with Crippen molar-refractivity contribution in [2.75, 3.05) is 32.0 Å². The van der Waals surface area contributed by atoms with E-state index in [-0.39, 0.29) is 0 Å². The van der Waals surface area contributed by atoms with Crippen molar-refractivity contribution < 1.29 is 14.7 Å². The molecule has 1 fully saturated rings. The molecule has 1 heterocycles. The largest absolute Gasteiger partial charge is 0.478 e. The molecule has 1 saturated heterocycles. The molecular weight excluding hydrogens is 268 g/mol. The van der Waals surface area contributed by atoms with Crippen LogP contribution in [0.4, 0.5) is 5.69 Å². The Kier molecular flexibility index (Phi) is 7.46. The minimum absolute atomic E-state index is 0.303. The van der Waals surface area contributed by atoms with Crippen LogP contribution in [0.2, 0.25) is 0 Å². The van der Waals surface area contributed by atoms with E-state index in [1.807, 2.05) is 6.07 Å². The van der Waals surface area contributed by atoms with E-state index < -0.39 is 5.97 Å². The summed E-state index contributed by atoms with van der Waals surface area (Å²) in [5.41, 5.74) is 1.11. The summed E-state index contributed by atoms with van der Waals surface area (Å²) >= 11 is 0. The van der Waals surface area contributed by atoms with Gasteiger partial charge in [0.2, 0.25) is 0 Å². The van der Waals surface area contributed by atoms with Gasteiger partial charge < -0.3 is 20.1 Å². The maximum Gasteiger partial charge on any atom is 0.335 e. The smallest absolute Gasteiger partial charge is 0.335 e. The minimum Gasteiger partial charge on any atom is -0.478 e. The number of carbonyl (C=O) groups is 2. The fraction of sp³-hybridized carbons (Fsp3) is 0.500. The second kappa shape index (κ2) is 9.13. The second-order valence-corrected chi connectivity index (χ2v) is 5.04. The lowest BCUT2D eigenvalue weighted by Gasteiger charge is -2.27. The number of benzene rings is 1. The first-order chi connectivity index (χ1) is 10.1. The summed E-state index contributed by atoms with van der Waals surface area (Å²) in [5.74, 6) is -0.551. The topological polar surface area (TPSA) is 69.6 Å². The third-order valence-electron chi connectivity index (χ3n) is 3.67. The minimum atomic E-state index is -0.901. The Balaban J connectivity index is 0.000000211. The van der Waals surface area contributed by atoms with Crippen LogP contribution in [0.5, 0.6) is 0 Å². The first-order valence-corrected chi connectivity index (χ1v) is 7.29. The van der Waals surface area contributed by atoms with E-state index in [0.717, 1.165) is 44.4 Å². The highest BCUT2D eigenvalue weighted by atomic mass is 16.4. The standard InChI is InChI=1S/C8H9NO2.C8H15NO/c1-9-7-4-2-3-6(5-7)8(10)11;1-2-9-5-3-8(7-10)4-6-9/h2-5,9H,1H3,(H,10,11);7-8H,2-6H2,1H3. The maximum atomic E-state index is 10.4. The molecule has 0 bridgehead atoms. The van der Waals surface area contributed by atoms with Crippen molar-refractivity contribution in [1.82, 2.24) is 4.90 Å². The molecule has 21 heavy (non-hydrogen) atoms. The lowest BCUT2D eigenvalue weighted by Crippen LogP contribution is -2.33. The summed E-state index contributed by atoms with van der Waals surface area (Å²) in [5, 5.41) is 11.4. The molecule has 2 rings (SSSR count). The summed E-state index contributed by atoms with van der Waals surface area (Å²) in [7, 11) is 1.75. The highest BCUT2D eigenvalue weighted by Crippen LogP contribution is 2.13. The normalized spacial score (nSPS) is 15.7. The molecule has 0 radical (unpaired) electrons. The van der Waals surface area contributed by atoms with Crippen LogP contribution in [0.3, 0.4) is 0 Å². The lowest BCUT2D eigenvalue weighted by molar-refractivity contribution is -0.112. The molecule has 0 unspecified atom stereocenters. The van der Waals surface area contributed by atoms with Crippen LogP contribution in [0.15, 0.2) is 24.3 Å². The van der Waals surface area contributed by atoms with Crippen molar-refractivity contribution in [3.05, 3.63) is 29.8 Å². The van der Waals surface area contributed by atoms with Gasteiger partial charge in [0.25, 0.3) is 0 Å². The van der Waals surface area contributed by atoms with E-state index in [0.29, 0.717) is 11.5 Å². The molecule has 1 aromatic rings. The maximum absolute atomic E-state index is 10.4. The SMILES string of the molecule is CCN1CCC(C=O)CC1.CNc1cccc(C(=O)O)c1. The second-order valence-electron chi connectivity index (χ2n) is 5.04. The van der Waals surface area contributed by atoms with Gasteiger partial charge in [0.1, 0.15) is 6.29 Å². The van der Waals surface area contributed by atoms with Gasteiger partial charge in [-0.15, -0.1) is 0 Å². The van der Waals surface area contributed by atoms with Crippen LogP contribution < -0.4 is 5.32 Å². The molecule has 1 aliphatic heterocycles. The Bertz CT molecular complexity index is 455. The first kappa shape index (κ1) is 17.2. The molecule has 1 aliphatic rings. The number of nitrogens with one attached hydrogen (secondary N) is 1. The number of hydrogen-bond donors (Lipinski definition) is 2. The van der Waals surface area contributed by atoms with Crippen LogP contribution in [0.1, 0.15) is 30.1 Å². The summed E-state index contributed by atoms with van der Waals surface area (Å²) in [6, 6.07) is 6.66. The van der Waals surface area contributed by atoms with Crippen LogP contribution in [0, 0.1) is 5.92 Å². The van der Waals surface area contributed by atoms with Gasteiger partial charge in [-0.2, -0.15) is 0 Å². The van der Waals surface area contributed by atoms with Crippen molar-refractivity contribution in [1.29, 1.82) is 0 Å². The van der Waals surface area contributed by atoms with Gasteiger partial charge in [-0.3, -0.25) is 0 Å². The zero-order valence-corrected chi connectivity index (χ0v) is 12.7. The highest BCUT2D eigenvalue weighted by Gasteiger charge is 2.16. The van der Waals surface area contributed by atoms with E-state index in [4.69, 9.17) is 5.11 Å². The number of carboxylic acid groups (broad SMARTS) is 1. The van der Waals surface area contributed by atoms with E-state index in [1.54, 1.807) is 25.2 Å². The summed E-state index contributed by atoms with van der Waals surface area (Å²) < 4.78 is 0. The average Bonchev–Trinajstić information content (AvgIpc) is 2.55. The van der Waals surface area contributed by atoms with Gasteiger partial charge in [-0.25, -0.2) is 4.79 Å². The van der Waals surface area contributed by atoms with Crippen LogP contribution in [-0.4, -0.2) is 48.9 Å². The highest BCUT2D eigenvalue weighted by molar-refractivity contribution is 5.88. The van der Waals surface area contributed by atoms with Gasteiger partial charge in [-0.05, 0) is 50.7 Å². The van der Waals surface area contributed by atoms with Crippen molar-refractivity contribution >= 4 is 17.9 Å². The molecule has 0 amide bonds. The van der Waals surface area contributed by atoms with Gasteiger partial charge in [0, 0.05) is 18.7 Å². The van der Waals surface area contributed by atoms with Crippen molar-refractivity contribution in [2.24, 2.45) is 5.92 Å². The fourth-order valence-corrected chi connectivity index (χ4v) is 2.21. The van der Waals surface area contributed by atoms with Crippen molar-refractivity contribution in [3.8, 4) is 0 Å². The van der Waals surface area contributed by atoms with E-state index >= 15 is 0 Å². The number of carbonyl (C=O) groups excluding carboxylic acids is 1. The molecule has 0 aliphatic carbocycles. The van der Waals surface area contributed by atoms with Gasteiger partial charge >= 0.3 is 5.97 Å². The Morgan fingerprint density at radius 2 is 2.10 bits per heavy atom. The summed E-state index contributed by atoms with van der Waals surface area (Å²) in [6.45, 7) is 5.52. The van der Waals surface area contributed by atoms with Crippen LogP contribution in [0.25, 0.3) is 0 Å². The van der Waals surface area contributed by atoms with E-state index in [1.165, 1.54) is 0 Å². The number of aldehydes is 1. The quantitative estimate of drug-likeness (QED) is 0.834. The Morgan fingerprint density at radius 1 is 1.43 bits per heavy atom. The predicted octanol–water partition coefficient (Wildman–Crippen LogP) is 2.34. The van der Waals surface area contributed by atoms with Gasteiger partial charge in [0.15, 0.2) is 0 Å². The molecule has 1 aromatic carbocycles. The first-order valence-electron chi connectivity index (χ1n) is 7.29. The number of hydrogen-bond acceptors (Lipinski definition) is 4. The fourth-order valence-electron chi connectivity index (χ4n) is 2.21. The summed E-state index contributed by atoms with van der Waals surface area (Å²) in [6.07, 6.45) is 3.24. The number of likely N-dealkylation sites (tertiary alicyclic amines) is 1. The number of nitrogens with zero attached hydrogens (tertiary/aromatic N) is 1. The zero-order chi connectivity index (χ0) is 15.7. The number of rotatable bonds is 4. The van der Waals surface area contributed by atoms with E-state index in [2.05, 4.69) is 17.1 Å². The molecule has 0 saturated carbocycles. The number of aromatic carboxylic acids is 1. The number of carboxylic acids is 1. The van der Waals surface area contributed by atoms with Crippen LogP contribution in [-0.2, 0) is 4.79 Å². The van der Waals surface area contributed by atoms with Crippen LogP contribution >= 0.6 is 0 Å². The molecule has 5 nitrogen and oxygen atoms in total. The molecular formula is C16H24N2O3. The Morgan fingerprint density at radius 3 is 2.57 bits per heavy atom. The lowest BCUT2D eigenvalue weighted by atomic mass is 9.99. The Hall–Kier alpha value is -1.88. The third-order valence-corrected chi connectivity index (χ3v) is 3.67. The van der Waals surface area contributed by atoms with Gasteiger partial charge in [0.05, 0.1) is 5.56 Å². The predicted molar refractivity (Wildman–Crippen MR) is 83.9 cm³/mol.